The van der Waals surface area contributed by atoms with Crippen molar-refractivity contribution in [3.05, 3.63) is 35.9 Å². The summed E-state index contributed by atoms with van der Waals surface area (Å²) in [4.78, 5) is 2.76. The molecule has 150 valence electrons. The zero-order valence-electron chi connectivity index (χ0n) is 17.2. The number of likely N-dealkylation sites (N-methyl/N-ethyl adjacent to an activating group) is 1. The molecule has 0 bridgehead atoms. The van der Waals surface area contributed by atoms with E-state index >= 15 is 0 Å². The lowest BCUT2D eigenvalue weighted by Crippen LogP contribution is -2.57. The van der Waals surface area contributed by atoms with Crippen molar-refractivity contribution in [2.75, 3.05) is 39.8 Å². The molecule has 1 saturated carbocycles. The van der Waals surface area contributed by atoms with Crippen molar-refractivity contribution in [3.8, 4) is 0 Å². The van der Waals surface area contributed by atoms with E-state index < -0.39 is 0 Å². The van der Waals surface area contributed by atoms with Gasteiger partial charge in [-0.1, -0.05) is 43.2 Å². The third-order valence-electron chi connectivity index (χ3n) is 7.12. The minimum Gasteiger partial charge on any atom is -0.315 e. The molecule has 4 rings (SSSR count). The van der Waals surface area contributed by atoms with Gasteiger partial charge in [-0.3, -0.25) is 4.90 Å². The molecule has 1 aromatic rings. The minimum absolute atomic E-state index is 0.639. The lowest BCUT2D eigenvalue weighted by atomic mass is 9.89. The highest BCUT2D eigenvalue weighted by atomic mass is 15.6. The number of likely N-dealkylation sites (tertiary alicyclic amines) is 1. The molecular formula is C23H38N4. The highest BCUT2D eigenvalue weighted by Gasteiger charge is 2.37. The van der Waals surface area contributed by atoms with Crippen LogP contribution in [0.2, 0.25) is 0 Å². The molecule has 0 aromatic heterocycles. The molecule has 2 saturated heterocycles. The third kappa shape index (κ3) is 4.73. The van der Waals surface area contributed by atoms with Crippen molar-refractivity contribution in [1.82, 2.24) is 20.2 Å². The summed E-state index contributed by atoms with van der Waals surface area (Å²) >= 11 is 0. The van der Waals surface area contributed by atoms with E-state index in [-0.39, 0.29) is 0 Å². The highest BCUT2D eigenvalue weighted by Crippen LogP contribution is 2.28. The van der Waals surface area contributed by atoms with Crippen LogP contribution in [0.1, 0.15) is 50.5 Å². The molecule has 2 aliphatic heterocycles. The minimum atomic E-state index is 0.639. The number of benzene rings is 1. The van der Waals surface area contributed by atoms with Crippen LogP contribution in [0.15, 0.2) is 30.3 Å². The van der Waals surface area contributed by atoms with Gasteiger partial charge in [-0.25, -0.2) is 10.0 Å². The smallest absolute Gasteiger partial charge is 0.0399 e. The van der Waals surface area contributed by atoms with Crippen molar-refractivity contribution in [3.63, 3.8) is 0 Å². The summed E-state index contributed by atoms with van der Waals surface area (Å²) in [6, 6.07) is 13.1. The van der Waals surface area contributed by atoms with Gasteiger partial charge in [0, 0.05) is 37.8 Å². The first-order valence-electron chi connectivity index (χ1n) is 11.3. The Morgan fingerprint density at radius 2 is 1.74 bits per heavy atom. The predicted octanol–water partition coefficient (Wildman–Crippen LogP) is 3.15. The number of hydrogen-bond donors (Lipinski definition) is 1. The third-order valence-corrected chi connectivity index (χ3v) is 7.12. The largest absolute Gasteiger partial charge is 0.315 e. The second-order valence-corrected chi connectivity index (χ2v) is 8.74. The molecule has 0 radical (unpaired) electrons. The number of rotatable bonds is 7. The first-order chi connectivity index (χ1) is 13.3. The van der Waals surface area contributed by atoms with Gasteiger partial charge in [0.15, 0.2) is 0 Å². The van der Waals surface area contributed by atoms with Gasteiger partial charge < -0.3 is 5.32 Å². The molecule has 1 N–H and O–H groups in total. The topological polar surface area (TPSA) is 21.8 Å². The van der Waals surface area contributed by atoms with Crippen LogP contribution in [-0.2, 0) is 6.42 Å². The fourth-order valence-corrected chi connectivity index (χ4v) is 5.57. The molecule has 1 unspecified atom stereocenters. The van der Waals surface area contributed by atoms with Crippen LogP contribution in [-0.4, -0.2) is 72.8 Å². The van der Waals surface area contributed by atoms with Crippen LogP contribution in [0.25, 0.3) is 0 Å². The fraction of sp³-hybridized carbons (Fsp3) is 0.739. The van der Waals surface area contributed by atoms with Crippen LogP contribution < -0.4 is 5.32 Å². The molecule has 3 atom stereocenters. The average Bonchev–Trinajstić information content (AvgIpc) is 3.41. The maximum absolute atomic E-state index is 3.64. The van der Waals surface area contributed by atoms with E-state index in [0.717, 1.165) is 19.0 Å². The molecule has 1 aliphatic carbocycles. The Morgan fingerprint density at radius 1 is 0.963 bits per heavy atom. The van der Waals surface area contributed by atoms with Gasteiger partial charge >= 0.3 is 0 Å². The first-order valence-corrected chi connectivity index (χ1v) is 11.3. The Labute approximate surface area is 165 Å². The lowest BCUT2D eigenvalue weighted by Gasteiger charge is -2.44. The number of hydrogen-bond acceptors (Lipinski definition) is 4. The van der Waals surface area contributed by atoms with Gasteiger partial charge in [-0.15, -0.1) is 0 Å². The van der Waals surface area contributed by atoms with Gasteiger partial charge in [-0.05, 0) is 64.2 Å². The van der Waals surface area contributed by atoms with E-state index in [1.54, 1.807) is 0 Å². The summed E-state index contributed by atoms with van der Waals surface area (Å²) in [6.07, 6.45) is 10.7. The molecule has 2 heterocycles. The first kappa shape index (κ1) is 19.4. The van der Waals surface area contributed by atoms with Crippen molar-refractivity contribution in [2.45, 2.75) is 69.5 Å². The fourth-order valence-electron chi connectivity index (χ4n) is 5.57. The number of nitrogens with one attached hydrogen (secondary N) is 1. The normalized spacial score (nSPS) is 30.4. The second-order valence-electron chi connectivity index (χ2n) is 8.74. The van der Waals surface area contributed by atoms with Crippen molar-refractivity contribution in [2.24, 2.45) is 0 Å². The Bertz CT molecular complexity index is 557. The van der Waals surface area contributed by atoms with Crippen LogP contribution in [0.4, 0.5) is 0 Å². The van der Waals surface area contributed by atoms with Crippen LogP contribution in [0, 0.1) is 0 Å². The van der Waals surface area contributed by atoms with Gasteiger partial charge in [0.1, 0.15) is 0 Å². The number of nitrogens with zero attached hydrogens (tertiary/aromatic N) is 3. The molecular weight excluding hydrogens is 332 g/mol. The predicted molar refractivity (Wildman–Crippen MR) is 113 cm³/mol. The standard InChI is InChI=1S/C23H38N4/c1-24-22-11-5-6-12-23(22)27(18-13-20-9-3-2-4-10-20)26-17-14-21(19-26)25-15-7-8-16-25/h2-4,9-10,21-24H,5-8,11-19H2,1H3/t21-,22?,23-/m0/s1. The zero-order valence-corrected chi connectivity index (χ0v) is 17.2. The monoisotopic (exact) mass is 370 g/mol. The molecule has 1 aromatic carbocycles. The summed E-state index contributed by atoms with van der Waals surface area (Å²) in [5, 5.41) is 9.15. The van der Waals surface area contributed by atoms with E-state index in [9.17, 15) is 0 Å². The zero-order chi connectivity index (χ0) is 18.5. The SMILES string of the molecule is CNC1CCCC[C@@H]1N(CCc1ccccc1)N1CC[C@H](N2CCCC2)C1. The molecule has 4 heteroatoms. The summed E-state index contributed by atoms with van der Waals surface area (Å²) in [7, 11) is 2.16. The van der Waals surface area contributed by atoms with Gasteiger partial charge in [-0.2, -0.15) is 0 Å². The average molecular weight is 371 g/mol. The summed E-state index contributed by atoms with van der Waals surface area (Å²) in [5.41, 5.74) is 1.47. The van der Waals surface area contributed by atoms with E-state index in [1.807, 2.05) is 0 Å². The van der Waals surface area contributed by atoms with E-state index in [2.05, 4.69) is 57.6 Å². The Balaban J connectivity index is 1.45. The lowest BCUT2D eigenvalue weighted by molar-refractivity contribution is -0.0666. The summed E-state index contributed by atoms with van der Waals surface area (Å²) in [5.74, 6) is 0. The highest BCUT2D eigenvalue weighted by molar-refractivity contribution is 5.15. The van der Waals surface area contributed by atoms with E-state index in [4.69, 9.17) is 0 Å². The molecule has 0 spiro atoms. The Hall–Kier alpha value is -0.940. The summed E-state index contributed by atoms with van der Waals surface area (Å²) < 4.78 is 0. The van der Waals surface area contributed by atoms with Crippen LogP contribution in [0.5, 0.6) is 0 Å². The molecule has 27 heavy (non-hydrogen) atoms. The van der Waals surface area contributed by atoms with Gasteiger partial charge in [0.2, 0.25) is 0 Å². The van der Waals surface area contributed by atoms with Crippen LogP contribution >= 0.6 is 0 Å². The van der Waals surface area contributed by atoms with Crippen LogP contribution in [0.3, 0.4) is 0 Å². The molecule has 4 nitrogen and oxygen atoms in total. The number of hydrazine groups is 1. The molecule has 3 fully saturated rings. The van der Waals surface area contributed by atoms with Gasteiger partial charge in [0.25, 0.3) is 0 Å². The maximum Gasteiger partial charge on any atom is 0.0399 e. The van der Waals surface area contributed by atoms with Crippen molar-refractivity contribution in [1.29, 1.82) is 0 Å². The Kier molecular flexibility index (Phi) is 6.82. The van der Waals surface area contributed by atoms with Gasteiger partial charge in [0.05, 0.1) is 0 Å². The Morgan fingerprint density at radius 3 is 2.52 bits per heavy atom. The molecule has 0 amide bonds. The molecule has 3 aliphatic rings. The van der Waals surface area contributed by atoms with Crippen molar-refractivity contribution >= 4 is 0 Å². The van der Waals surface area contributed by atoms with Crippen molar-refractivity contribution < 1.29 is 0 Å². The summed E-state index contributed by atoms with van der Waals surface area (Å²) in [6.45, 7) is 6.28. The maximum atomic E-state index is 3.64. The second kappa shape index (κ2) is 9.51. The quantitative estimate of drug-likeness (QED) is 0.796. The van der Waals surface area contributed by atoms with E-state index in [0.29, 0.717) is 12.1 Å². The van der Waals surface area contributed by atoms with E-state index in [1.165, 1.54) is 76.7 Å².